The Morgan fingerprint density at radius 1 is 0.962 bits per heavy atom. The number of nitrogens with one attached hydrogen (secondary N) is 3. The van der Waals surface area contributed by atoms with Crippen molar-refractivity contribution in [3.8, 4) is 0 Å². The maximum atomic E-state index is 12.6. The molecule has 0 spiro atoms. The molecule has 1 saturated heterocycles. The molecule has 0 radical (unpaired) electrons. The summed E-state index contributed by atoms with van der Waals surface area (Å²) < 4.78 is 7.15. The third kappa shape index (κ3) is 8.06. The monoisotopic (exact) mass is 754 g/mol. The van der Waals surface area contributed by atoms with Gasteiger partial charge in [0, 0.05) is 29.6 Å². The fraction of sp³-hybridized carbons (Fsp3) is 0.472. The van der Waals surface area contributed by atoms with Gasteiger partial charge in [0.25, 0.3) is 0 Å². The lowest BCUT2D eigenvalue weighted by molar-refractivity contribution is -0.122. The first-order valence-electron chi connectivity index (χ1n) is 17.3. The third-order valence-corrected chi connectivity index (χ3v) is 9.94. The molecular weight excluding hydrogens is 711 g/mol. The minimum absolute atomic E-state index is 0.0482. The Bertz CT molecular complexity index is 1860. The van der Waals surface area contributed by atoms with Crippen LogP contribution in [0.25, 0.3) is 11.2 Å². The van der Waals surface area contributed by atoms with Crippen LogP contribution in [0.3, 0.4) is 0 Å². The molecule has 4 aromatic rings. The van der Waals surface area contributed by atoms with Crippen molar-refractivity contribution in [2.24, 2.45) is 0 Å². The summed E-state index contributed by atoms with van der Waals surface area (Å²) in [5.41, 5.74) is -0.336. The van der Waals surface area contributed by atoms with Crippen LogP contribution in [0.4, 0.5) is 16.6 Å². The number of alkyl carbamates (subject to hydrolysis) is 1. The van der Waals surface area contributed by atoms with E-state index in [2.05, 4.69) is 20.9 Å². The van der Waals surface area contributed by atoms with Crippen LogP contribution in [0.15, 0.2) is 54.9 Å². The van der Waals surface area contributed by atoms with Gasteiger partial charge in [-0.05, 0) is 69.0 Å². The molecule has 2 fully saturated rings. The van der Waals surface area contributed by atoms with E-state index in [0.717, 1.165) is 0 Å². The standard InChI is InChI=1S/C36H44Cl2N8O6/c1-5-27(47)42-25-16-26(30(49)29(25)48)46-19-40-28-31(39-18-36(51,20-6-10-22(37)11-7-20)21-8-12-23(38)13-9-21)43-33(44-32(28)46)45-15-14-24(17-45)41-34(50)52-35(2,3)4/h6-13,19,24-26,29-30,48-49,51H,5,14-18H2,1-4H3,(H,41,50)(H,42,47)(H,39,43,44)/t24-,25+,26-,29-,30+/m1/s1. The second kappa shape index (κ2) is 15.0. The molecule has 1 saturated carbocycles. The number of carbonyl (C=O) groups is 2. The molecule has 2 amide bonds. The molecule has 52 heavy (non-hydrogen) atoms. The summed E-state index contributed by atoms with van der Waals surface area (Å²) in [4.78, 5) is 41.1. The summed E-state index contributed by atoms with van der Waals surface area (Å²) in [7, 11) is 0. The maximum Gasteiger partial charge on any atom is 0.407 e. The van der Waals surface area contributed by atoms with Crippen molar-refractivity contribution >= 4 is 58.1 Å². The average molecular weight is 756 g/mol. The minimum Gasteiger partial charge on any atom is -0.444 e. The number of carbonyl (C=O) groups excluding carboxylic acids is 2. The molecule has 278 valence electrons. The molecular formula is C36H44Cl2N8O6. The Kier molecular flexibility index (Phi) is 10.9. The lowest BCUT2D eigenvalue weighted by Gasteiger charge is -2.30. The van der Waals surface area contributed by atoms with E-state index in [1.54, 1.807) is 80.8 Å². The number of rotatable bonds is 10. The molecule has 16 heteroatoms. The van der Waals surface area contributed by atoms with Crippen LogP contribution in [0.2, 0.25) is 10.0 Å². The number of aromatic nitrogens is 4. The van der Waals surface area contributed by atoms with Crippen LogP contribution in [-0.4, -0.2) is 96.4 Å². The molecule has 14 nitrogen and oxygen atoms in total. The molecule has 1 aliphatic heterocycles. The number of amides is 2. The number of hydrogen-bond donors (Lipinski definition) is 6. The second-order valence-corrected chi connectivity index (χ2v) is 15.2. The number of fused-ring (bicyclic) bond motifs is 1. The van der Waals surface area contributed by atoms with Gasteiger partial charge in [-0.3, -0.25) is 4.79 Å². The molecule has 2 aromatic heterocycles. The molecule has 3 heterocycles. The van der Waals surface area contributed by atoms with Crippen LogP contribution in [-0.2, 0) is 15.1 Å². The van der Waals surface area contributed by atoms with Gasteiger partial charge in [0.05, 0.1) is 31.0 Å². The second-order valence-electron chi connectivity index (χ2n) is 14.3. The number of imidazole rings is 1. The van der Waals surface area contributed by atoms with Gasteiger partial charge in [-0.25, -0.2) is 9.78 Å². The number of anilines is 2. The SMILES string of the molecule is CCC(=O)N[C@H]1C[C@@H](n2cnc3c(NCC(O)(c4ccc(Cl)cc4)c4ccc(Cl)cc4)nc(N4CC[C@@H](NC(=O)OC(C)(C)C)C4)nc32)[C@H](O)[C@@H]1O. The topological polar surface area (TPSA) is 187 Å². The zero-order valence-corrected chi connectivity index (χ0v) is 30.9. The summed E-state index contributed by atoms with van der Waals surface area (Å²) >= 11 is 12.4. The van der Waals surface area contributed by atoms with E-state index < -0.39 is 41.6 Å². The molecule has 0 bridgehead atoms. The van der Waals surface area contributed by atoms with Gasteiger partial charge in [-0.2, -0.15) is 9.97 Å². The molecule has 6 rings (SSSR count). The first-order valence-corrected chi connectivity index (χ1v) is 18.0. The van der Waals surface area contributed by atoms with Crippen molar-refractivity contribution in [1.29, 1.82) is 0 Å². The number of nitrogens with zero attached hydrogens (tertiary/aromatic N) is 5. The van der Waals surface area contributed by atoms with Crippen LogP contribution in [0, 0.1) is 0 Å². The highest BCUT2D eigenvalue weighted by Gasteiger charge is 2.44. The minimum atomic E-state index is -1.57. The lowest BCUT2D eigenvalue weighted by atomic mass is 9.86. The Morgan fingerprint density at radius 2 is 1.60 bits per heavy atom. The highest BCUT2D eigenvalue weighted by molar-refractivity contribution is 6.30. The highest BCUT2D eigenvalue weighted by atomic mass is 35.5. The number of hydrogen-bond acceptors (Lipinski definition) is 11. The van der Waals surface area contributed by atoms with E-state index in [-0.39, 0.29) is 31.3 Å². The van der Waals surface area contributed by atoms with Crippen molar-refractivity contribution in [3.63, 3.8) is 0 Å². The summed E-state index contributed by atoms with van der Waals surface area (Å²) in [6, 6.07) is 12.2. The summed E-state index contributed by atoms with van der Waals surface area (Å²) in [6.07, 6.45) is -0.324. The molecule has 2 aromatic carbocycles. The lowest BCUT2D eigenvalue weighted by Crippen LogP contribution is -2.42. The summed E-state index contributed by atoms with van der Waals surface area (Å²) in [6.45, 7) is 7.99. The molecule has 6 N–H and O–H groups in total. The van der Waals surface area contributed by atoms with Gasteiger partial charge in [0.2, 0.25) is 11.9 Å². The fourth-order valence-corrected chi connectivity index (χ4v) is 6.97. The van der Waals surface area contributed by atoms with Crippen LogP contribution >= 0.6 is 23.2 Å². The zero-order chi connectivity index (χ0) is 37.4. The predicted molar refractivity (Wildman–Crippen MR) is 198 cm³/mol. The normalized spacial score (nSPS) is 22.1. The van der Waals surface area contributed by atoms with Gasteiger partial charge in [-0.1, -0.05) is 54.4 Å². The van der Waals surface area contributed by atoms with Crippen molar-refractivity contribution in [2.45, 2.75) is 88.5 Å². The smallest absolute Gasteiger partial charge is 0.407 e. The fourth-order valence-electron chi connectivity index (χ4n) is 6.72. The van der Waals surface area contributed by atoms with E-state index in [9.17, 15) is 24.9 Å². The van der Waals surface area contributed by atoms with E-state index >= 15 is 0 Å². The van der Waals surface area contributed by atoms with Crippen LogP contribution in [0.1, 0.15) is 64.1 Å². The van der Waals surface area contributed by atoms with Gasteiger partial charge in [-0.15, -0.1) is 0 Å². The molecule has 1 aliphatic carbocycles. The van der Waals surface area contributed by atoms with E-state index in [4.69, 9.17) is 37.9 Å². The predicted octanol–water partition coefficient (Wildman–Crippen LogP) is 4.15. The summed E-state index contributed by atoms with van der Waals surface area (Å²) in [5.74, 6) is 0.407. The van der Waals surface area contributed by atoms with Crippen LogP contribution < -0.4 is 20.9 Å². The highest BCUT2D eigenvalue weighted by Crippen LogP contribution is 2.36. The van der Waals surface area contributed by atoms with Crippen molar-refractivity contribution < 1.29 is 29.6 Å². The number of ether oxygens (including phenoxy) is 1. The quantitative estimate of drug-likeness (QED) is 0.137. The summed E-state index contributed by atoms with van der Waals surface area (Å²) in [5, 5.41) is 44.5. The Morgan fingerprint density at radius 3 is 2.19 bits per heavy atom. The van der Waals surface area contributed by atoms with Gasteiger partial charge >= 0.3 is 6.09 Å². The number of aliphatic hydroxyl groups is 3. The van der Waals surface area contributed by atoms with E-state index in [1.807, 2.05) is 4.90 Å². The third-order valence-electron chi connectivity index (χ3n) is 9.43. The largest absolute Gasteiger partial charge is 0.444 e. The van der Waals surface area contributed by atoms with Gasteiger partial charge in [0.1, 0.15) is 23.4 Å². The number of halogens is 2. The molecule has 0 unspecified atom stereocenters. The van der Waals surface area contributed by atoms with Crippen molar-refractivity contribution in [3.05, 3.63) is 76.0 Å². The Hall–Kier alpha value is -4.21. The Balaban J connectivity index is 1.36. The first-order chi connectivity index (χ1) is 24.6. The van der Waals surface area contributed by atoms with E-state index in [1.165, 1.54) is 6.33 Å². The van der Waals surface area contributed by atoms with Gasteiger partial charge in [0.15, 0.2) is 17.0 Å². The maximum absolute atomic E-state index is 12.6. The Labute approximate surface area is 311 Å². The molecule has 5 atom stereocenters. The van der Waals surface area contributed by atoms with Crippen molar-refractivity contribution in [2.75, 3.05) is 29.9 Å². The van der Waals surface area contributed by atoms with Gasteiger partial charge < -0.3 is 45.5 Å². The zero-order valence-electron chi connectivity index (χ0n) is 29.4. The number of benzene rings is 2. The van der Waals surface area contributed by atoms with E-state index in [0.29, 0.717) is 63.6 Å². The average Bonchev–Trinajstić information content (AvgIpc) is 3.81. The van der Waals surface area contributed by atoms with Crippen molar-refractivity contribution in [1.82, 2.24) is 30.2 Å². The number of aliphatic hydroxyl groups excluding tert-OH is 2. The first kappa shape index (κ1) is 37.5. The van der Waals surface area contributed by atoms with Crippen LogP contribution in [0.5, 0.6) is 0 Å². The molecule has 2 aliphatic rings.